The standard InChI is InChI=1S/C31H49OP.C3H8.CH3.Pd/c1-19(2)23-17-24(20(3)4)28(25(18-23)21(5)6)27-22(7)15-16-26(32-14)29(27)33(30(8,9)10)31(11,12)13;1-3-2;;/h15-21H,1-14H3;3H2,1-2H3;1H3;/q;;-1;+2/p+1. The van der Waals surface area contributed by atoms with Crippen LogP contribution >= 0.6 is 7.92 Å². The molecule has 0 fully saturated rings. The molecule has 2 aromatic rings. The summed E-state index contributed by atoms with van der Waals surface area (Å²) >= 11 is 0. The summed E-state index contributed by atoms with van der Waals surface area (Å²) in [6.07, 6.45) is 1.25. The number of benzene rings is 2. The molecule has 0 spiro atoms. The molecule has 0 saturated heterocycles. The number of hydrogen-bond donors (Lipinski definition) is 0. The monoisotopic (exact) mass is 634 g/mol. The molecule has 0 heterocycles. The van der Waals surface area contributed by atoms with Crippen LogP contribution in [0.25, 0.3) is 11.1 Å². The molecule has 38 heavy (non-hydrogen) atoms. The normalized spacial score (nSPS) is 11.8. The second-order valence-corrected chi connectivity index (χ2v) is 17.7. The molecule has 2 rings (SSSR count). The summed E-state index contributed by atoms with van der Waals surface area (Å²) in [5.41, 5.74) is 8.68. The summed E-state index contributed by atoms with van der Waals surface area (Å²) in [5, 5.41) is 1.85. The molecule has 3 heteroatoms. The van der Waals surface area contributed by atoms with Gasteiger partial charge in [0.2, 0.25) is 0 Å². The maximum absolute atomic E-state index is 6.12. The second-order valence-electron chi connectivity index (χ2n) is 13.5. The molecule has 0 amide bonds. The Kier molecular flexibility index (Phi) is 16.6. The van der Waals surface area contributed by atoms with Crippen molar-refractivity contribution in [3.05, 3.63) is 53.9 Å². The first kappa shape index (κ1) is 39.5. The van der Waals surface area contributed by atoms with Crippen LogP contribution in [0.3, 0.4) is 0 Å². The Bertz CT molecular complexity index is 947. The van der Waals surface area contributed by atoms with Gasteiger partial charge in [0.05, 0.1) is 17.4 Å². The molecule has 0 saturated carbocycles. The second kappa shape index (κ2) is 15.9. The van der Waals surface area contributed by atoms with E-state index >= 15 is 0 Å². The molecule has 2 aromatic carbocycles. The molecule has 0 aliphatic heterocycles. The van der Waals surface area contributed by atoms with Gasteiger partial charge < -0.3 is 12.2 Å². The minimum atomic E-state index is -1.03. The minimum Gasteiger partial charge on any atom is -0.493 e. The van der Waals surface area contributed by atoms with Gasteiger partial charge in [-0.25, -0.2) is 0 Å². The third-order valence-corrected chi connectivity index (χ3v) is 10.7. The van der Waals surface area contributed by atoms with Crippen LogP contribution in [0, 0.1) is 14.4 Å². The van der Waals surface area contributed by atoms with Gasteiger partial charge in [-0.2, -0.15) is 0 Å². The number of rotatable bonds is 6. The summed E-state index contributed by atoms with van der Waals surface area (Å²) in [6.45, 7) is 35.1. The topological polar surface area (TPSA) is 9.23 Å². The Labute approximate surface area is 253 Å². The Hall–Kier alpha value is -0.668. The first-order valence-electron chi connectivity index (χ1n) is 14.2. The number of aryl methyl sites for hydroxylation is 1. The van der Waals surface area contributed by atoms with Gasteiger partial charge in [0, 0.05) is 13.5 Å². The van der Waals surface area contributed by atoms with Crippen LogP contribution in [0.4, 0.5) is 0 Å². The molecular formula is C35H61OPPd+2. The predicted molar refractivity (Wildman–Crippen MR) is 175 cm³/mol. The van der Waals surface area contributed by atoms with Crippen LogP contribution in [0.2, 0.25) is 0 Å². The van der Waals surface area contributed by atoms with Crippen LogP contribution in [0.1, 0.15) is 143 Å². The van der Waals surface area contributed by atoms with Gasteiger partial charge in [0.25, 0.3) is 0 Å². The third-order valence-electron chi connectivity index (χ3n) is 6.73. The van der Waals surface area contributed by atoms with Crippen molar-refractivity contribution in [1.82, 2.24) is 0 Å². The van der Waals surface area contributed by atoms with E-state index in [2.05, 4.69) is 128 Å². The summed E-state index contributed by atoms with van der Waals surface area (Å²) in [6, 6.07) is 9.45. The SMILES string of the molecule is CCC.COc1ccc(C)c(-c2c(C(C)C)cc(C(C)C)cc2C(C)C)c1[PH+](C(C)(C)C)C(C)(C)C.[CH3-].[Pd+2]. The van der Waals surface area contributed by atoms with E-state index in [1.54, 1.807) is 0 Å². The van der Waals surface area contributed by atoms with Crippen LogP contribution < -0.4 is 10.0 Å². The maximum Gasteiger partial charge on any atom is 2.00 e. The Morgan fingerprint density at radius 2 is 1.13 bits per heavy atom. The number of methoxy groups -OCH3 is 1. The van der Waals surface area contributed by atoms with E-state index in [0.29, 0.717) is 17.8 Å². The maximum atomic E-state index is 6.12. The van der Waals surface area contributed by atoms with E-state index in [0.717, 1.165) is 5.75 Å². The van der Waals surface area contributed by atoms with Gasteiger partial charge in [0.15, 0.2) is 5.75 Å². The molecule has 1 nitrogen and oxygen atoms in total. The van der Waals surface area contributed by atoms with Gasteiger partial charge in [-0.1, -0.05) is 80.0 Å². The van der Waals surface area contributed by atoms with Crippen molar-refractivity contribution in [2.45, 2.75) is 138 Å². The largest absolute Gasteiger partial charge is 2.00 e. The molecular weight excluding hydrogens is 574 g/mol. The number of hydrogen-bond acceptors (Lipinski definition) is 1. The van der Waals surface area contributed by atoms with Crippen LogP contribution in [-0.4, -0.2) is 17.4 Å². The molecule has 0 bridgehead atoms. The fourth-order valence-corrected chi connectivity index (χ4v) is 10.3. The van der Waals surface area contributed by atoms with E-state index < -0.39 is 7.92 Å². The van der Waals surface area contributed by atoms with E-state index in [4.69, 9.17) is 4.74 Å². The van der Waals surface area contributed by atoms with Crippen molar-refractivity contribution in [2.75, 3.05) is 7.11 Å². The Morgan fingerprint density at radius 3 is 1.42 bits per heavy atom. The fourth-order valence-electron chi connectivity index (χ4n) is 5.55. The summed E-state index contributed by atoms with van der Waals surface area (Å²) in [5.74, 6) is 2.49. The average Bonchev–Trinajstić information content (AvgIpc) is 2.71. The number of ether oxygens (including phenoxy) is 1. The van der Waals surface area contributed by atoms with E-state index in [-0.39, 0.29) is 38.2 Å². The van der Waals surface area contributed by atoms with Gasteiger partial charge in [-0.15, -0.1) is 0 Å². The van der Waals surface area contributed by atoms with Crippen LogP contribution in [0.15, 0.2) is 24.3 Å². The van der Waals surface area contributed by atoms with Crippen LogP contribution in [0.5, 0.6) is 5.75 Å². The van der Waals surface area contributed by atoms with Crippen molar-refractivity contribution >= 4 is 13.2 Å². The Balaban J connectivity index is 0. The molecule has 0 atom stereocenters. The van der Waals surface area contributed by atoms with Crippen molar-refractivity contribution in [3.8, 4) is 16.9 Å². The minimum absolute atomic E-state index is 0. The average molecular weight is 635 g/mol. The molecule has 0 unspecified atom stereocenters. The van der Waals surface area contributed by atoms with Crippen molar-refractivity contribution < 1.29 is 25.2 Å². The van der Waals surface area contributed by atoms with E-state index in [1.807, 2.05) is 7.11 Å². The van der Waals surface area contributed by atoms with E-state index in [9.17, 15) is 0 Å². The molecule has 0 aliphatic rings. The first-order chi connectivity index (χ1) is 16.4. The molecule has 0 radical (unpaired) electrons. The Morgan fingerprint density at radius 1 is 0.737 bits per heavy atom. The zero-order chi connectivity index (χ0) is 28.2. The molecule has 0 aromatic heterocycles. The zero-order valence-electron chi connectivity index (χ0n) is 28.0. The quantitative estimate of drug-likeness (QED) is 0.174. The van der Waals surface area contributed by atoms with Gasteiger partial charge in [-0.3, -0.25) is 0 Å². The van der Waals surface area contributed by atoms with Crippen molar-refractivity contribution in [3.63, 3.8) is 0 Å². The molecule has 220 valence electrons. The molecule has 0 N–H and O–H groups in total. The van der Waals surface area contributed by atoms with Crippen molar-refractivity contribution in [1.29, 1.82) is 0 Å². The summed E-state index contributed by atoms with van der Waals surface area (Å²) in [7, 11) is 0.816. The van der Waals surface area contributed by atoms with Crippen molar-refractivity contribution in [2.24, 2.45) is 0 Å². The van der Waals surface area contributed by atoms with Gasteiger partial charge >= 0.3 is 20.4 Å². The summed E-state index contributed by atoms with van der Waals surface area (Å²) in [4.78, 5) is 0. The van der Waals surface area contributed by atoms with Gasteiger partial charge in [0.1, 0.15) is 5.30 Å². The third kappa shape index (κ3) is 9.47. The van der Waals surface area contributed by atoms with E-state index in [1.165, 1.54) is 45.1 Å². The zero-order valence-corrected chi connectivity index (χ0v) is 30.5. The smallest absolute Gasteiger partial charge is 0.493 e. The fraction of sp³-hybridized carbons (Fsp3) is 0.629. The molecule has 0 aliphatic carbocycles. The summed E-state index contributed by atoms with van der Waals surface area (Å²) < 4.78 is 6.12. The first-order valence-corrected chi connectivity index (χ1v) is 15.7. The van der Waals surface area contributed by atoms with Gasteiger partial charge in [-0.05, 0) is 100 Å². The van der Waals surface area contributed by atoms with Crippen LogP contribution in [-0.2, 0) is 20.4 Å². The predicted octanol–water partition coefficient (Wildman–Crippen LogP) is 11.3.